The summed E-state index contributed by atoms with van der Waals surface area (Å²) in [5.41, 5.74) is 0.567. The van der Waals surface area contributed by atoms with Crippen LogP contribution in [0.15, 0.2) is 24.3 Å². The summed E-state index contributed by atoms with van der Waals surface area (Å²) < 4.78 is 31.1. The van der Waals surface area contributed by atoms with Crippen molar-refractivity contribution in [3.05, 3.63) is 52.4 Å². The van der Waals surface area contributed by atoms with Crippen molar-refractivity contribution < 1.29 is 13.5 Å². The van der Waals surface area contributed by atoms with Gasteiger partial charge in [-0.05, 0) is 24.1 Å². The molecule has 21 heavy (non-hydrogen) atoms. The van der Waals surface area contributed by atoms with Crippen LogP contribution in [0, 0.1) is 11.6 Å². The summed E-state index contributed by atoms with van der Waals surface area (Å²) in [6, 6.07) is 5.02. The first-order chi connectivity index (χ1) is 10.1. The Kier molecular flexibility index (Phi) is 5.41. The molecule has 7 heteroatoms. The molecule has 0 aliphatic heterocycles. The van der Waals surface area contributed by atoms with Crippen molar-refractivity contribution >= 4 is 17.4 Å². The highest BCUT2D eigenvalue weighted by molar-refractivity contribution is 6.29. The van der Waals surface area contributed by atoms with E-state index in [4.69, 9.17) is 16.3 Å². The van der Waals surface area contributed by atoms with E-state index >= 15 is 0 Å². The van der Waals surface area contributed by atoms with Gasteiger partial charge in [-0.1, -0.05) is 11.6 Å². The third-order valence-corrected chi connectivity index (χ3v) is 2.85. The number of halogens is 3. The summed E-state index contributed by atoms with van der Waals surface area (Å²) >= 11 is 5.88. The Balaban J connectivity index is 1.96. The molecule has 112 valence electrons. The van der Waals surface area contributed by atoms with Crippen LogP contribution in [0.3, 0.4) is 0 Å². The van der Waals surface area contributed by atoms with Crippen LogP contribution in [0.2, 0.25) is 5.15 Å². The van der Waals surface area contributed by atoms with Gasteiger partial charge in [0.25, 0.3) is 0 Å². The molecule has 0 spiro atoms. The van der Waals surface area contributed by atoms with Crippen molar-refractivity contribution in [3.63, 3.8) is 0 Å². The molecule has 1 N–H and O–H groups in total. The van der Waals surface area contributed by atoms with Crippen molar-refractivity contribution in [1.29, 1.82) is 0 Å². The number of benzene rings is 1. The first kappa shape index (κ1) is 15.6. The predicted octanol–water partition coefficient (Wildman–Crippen LogP) is 3.21. The van der Waals surface area contributed by atoms with E-state index in [0.29, 0.717) is 35.3 Å². The van der Waals surface area contributed by atoms with Crippen molar-refractivity contribution in [2.24, 2.45) is 0 Å². The number of methoxy groups -OCH3 is 1. The lowest BCUT2D eigenvalue weighted by molar-refractivity contribution is 0.178. The van der Waals surface area contributed by atoms with Crippen LogP contribution in [0.4, 0.5) is 14.6 Å². The zero-order valence-electron chi connectivity index (χ0n) is 11.4. The molecule has 2 rings (SSSR count). The SMILES string of the molecule is COCc1nc(Cl)cc(NCCc2cc(F)cc(F)c2)n1. The molecule has 0 aliphatic rings. The van der Waals surface area contributed by atoms with E-state index in [0.717, 1.165) is 6.07 Å². The minimum Gasteiger partial charge on any atom is -0.377 e. The second kappa shape index (κ2) is 7.28. The molecule has 2 aromatic rings. The number of hydrogen-bond acceptors (Lipinski definition) is 4. The van der Waals surface area contributed by atoms with Crippen molar-refractivity contribution in [2.45, 2.75) is 13.0 Å². The Labute approximate surface area is 126 Å². The van der Waals surface area contributed by atoms with Gasteiger partial charge < -0.3 is 10.1 Å². The summed E-state index contributed by atoms with van der Waals surface area (Å²) in [5, 5.41) is 3.34. The number of anilines is 1. The van der Waals surface area contributed by atoms with Crippen LogP contribution < -0.4 is 5.32 Å². The van der Waals surface area contributed by atoms with Gasteiger partial charge >= 0.3 is 0 Å². The third kappa shape index (κ3) is 4.91. The molecule has 0 bridgehead atoms. The molecule has 0 saturated carbocycles. The van der Waals surface area contributed by atoms with Crippen molar-refractivity contribution in [2.75, 3.05) is 19.0 Å². The predicted molar refractivity (Wildman–Crippen MR) is 76.3 cm³/mol. The molecule has 0 unspecified atom stereocenters. The van der Waals surface area contributed by atoms with Gasteiger partial charge in [0, 0.05) is 25.8 Å². The van der Waals surface area contributed by atoms with E-state index < -0.39 is 11.6 Å². The van der Waals surface area contributed by atoms with Crippen molar-refractivity contribution in [3.8, 4) is 0 Å². The molecule has 4 nitrogen and oxygen atoms in total. The topological polar surface area (TPSA) is 47.0 Å². The lowest BCUT2D eigenvalue weighted by Crippen LogP contribution is -2.09. The molecule has 1 aromatic heterocycles. The van der Waals surface area contributed by atoms with Crippen LogP contribution in [0.5, 0.6) is 0 Å². The number of aromatic nitrogens is 2. The minimum absolute atomic E-state index is 0.254. The Morgan fingerprint density at radius 1 is 1.14 bits per heavy atom. The average Bonchev–Trinajstić information content (AvgIpc) is 2.37. The highest BCUT2D eigenvalue weighted by Gasteiger charge is 2.04. The van der Waals surface area contributed by atoms with Crippen LogP contribution in [-0.4, -0.2) is 23.6 Å². The summed E-state index contributed by atoms with van der Waals surface area (Å²) in [6.45, 7) is 0.715. The molecule has 0 radical (unpaired) electrons. The van der Waals surface area contributed by atoms with Crippen LogP contribution >= 0.6 is 11.6 Å². The van der Waals surface area contributed by atoms with E-state index in [-0.39, 0.29) is 6.61 Å². The zero-order chi connectivity index (χ0) is 15.2. The van der Waals surface area contributed by atoms with Gasteiger partial charge in [0.15, 0.2) is 5.82 Å². The van der Waals surface area contributed by atoms with Crippen LogP contribution in [0.1, 0.15) is 11.4 Å². The summed E-state index contributed by atoms with van der Waals surface area (Å²) in [4.78, 5) is 8.21. The molecule has 0 atom stereocenters. The standard InChI is InChI=1S/C14H14ClF2N3O/c1-21-8-14-19-12(15)7-13(20-14)18-3-2-9-4-10(16)6-11(17)5-9/h4-7H,2-3,8H2,1H3,(H,18,19,20). The number of nitrogens with zero attached hydrogens (tertiary/aromatic N) is 2. The first-order valence-corrected chi connectivity index (χ1v) is 6.66. The summed E-state index contributed by atoms with van der Waals surface area (Å²) in [7, 11) is 1.54. The molecule has 0 saturated heterocycles. The van der Waals surface area contributed by atoms with Gasteiger partial charge in [0.2, 0.25) is 0 Å². The second-order valence-electron chi connectivity index (χ2n) is 4.38. The highest BCUT2D eigenvalue weighted by Crippen LogP contribution is 2.13. The van der Waals surface area contributed by atoms with Gasteiger partial charge in [-0.2, -0.15) is 0 Å². The molecule has 0 amide bonds. The van der Waals surface area contributed by atoms with Gasteiger partial charge in [0.05, 0.1) is 0 Å². The maximum atomic E-state index is 13.1. The molecule has 0 aliphatic carbocycles. The maximum Gasteiger partial charge on any atom is 0.158 e. The summed E-state index contributed by atoms with van der Waals surface area (Å²) in [6.07, 6.45) is 0.454. The lowest BCUT2D eigenvalue weighted by Gasteiger charge is -2.08. The normalized spacial score (nSPS) is 10.7. The van der Waals surface area contributed by atoms with E-state index in [1.165, 1.54) is 19.2 Å². The zero-order valence-corrected chi connectivity index (χ0v) is 12.1. The molecular weight excluding hydrogens is 300 g/mol. The van der Waals surface area contributed by atoms with E-state index in [9.17, 15) is 8.78 Å². The Morgan fingerprint density at radius 3 is 2.52 bits per heavy atom. The fourth-order valence-corrected chi connectivity index (χ4v) is 2.04. The first-order valence-electron chi connectivity index (χ1n) is 6.28. The number of hydrogen-bond donors (Lipinski definition) is 1. The quantitative estimate of drug-likeness (QED) is 0.832. The second-order valence-corrected chi connectivity index (χ2v) is 4.77. The smallest absolute Gasteiger partial charge is 0.158 e. The molecule has 1 aromatic carbocycles. The maximum absolute atomic E-state index is 13.1. The van der Waals surface area contributed by atoms with E-state index in [1.807, 2.05) is 0 Å². The van der Waals surface area contributed by atoms with Gasteiger partial charge in [0.1, 0.15) is 29.2 Å². The Bertz CT molecular complexity index is 605. The number of ether oxygens (including phenoxy) is 1. The molecular formula is C14H14ClF2N3O. The third-order valence-electron chi connectivity index (χ3n) is 2.66. The fraction of sp³-hybridized carbons (Fsp3) is 0.286. The minimum atomic E-state index is -0.586. The number of nitrogens with one attached hydrogen (secondary N) is 1. The average molecular weight is 314 g/mol. The largest absolute Gasteiger partial charge is 0.377 e. The lowest BCUT2D eigenvalue weighted by atomic mass is 10.1. The summed E-state index contributed by atoms with van der Waals surface area (Å²) in [5.74, 6) is -0.168. The van der Waals surface area contributed by atoms with E-state index in [1.54, 1.807) is 6.07 Å². The number of rotatable bonds is 6. The van der Waals surface area contributed by atoms with Gasteiger partial charge in [-0.3, -0.25) is 0 Å². The van der Waals surface area contributed by atoms with Crippen LogP contribution in [0.25, 0.3) is 0 Å². The van der Waals surface area contributed by atoms with Gasteiger partial charge in [-0.25, -0.2) is 18.7 Å². The molecule has 1 heterocycles. The molecule has 0 fully saturated rings. The monoisotopic (exact) mass is 313 g/mol. The Morgan fingerprint density at radius 2 is 1.86 bits per heavy atom. The Hall–Kier alpha value is -1.79. The van der Waals surface area contributed by atoms with E-state index in [2.05, 4.69) is 15.3 Å². The highest BCUT2D eigenvalue weighted by atomic mass is 35.5. The van der Waals surface area contributed by atoms with Gasteiger partial charge in [-0.15, -0.1) is 0 Å². The van der Waals surface area contributed by atoms with Crippen LogP contribution in [-0.2, 0) is 17.8 Å². The van der Waals surface area contributed by atoms with Crippen molar-refractivity contribution in [1.82, 2.24) is 9.97 Å². The fourth-order valence-electron chi connectivity index (χ4n) is 1.84.